The minimum atomic E-state index is -1.23. The van der Waals surface area contributed by atoms with Crippen LogP contribution >= 0.6 is 11.6 Å². The first-order valence-corrected chi connectivity index (χ1v) is 5.62. The lowest BCUT2D eigenvalue weighted by Crippen LogP contribution is -2.02. The molecule has 1 N–H and O–H groups in total. The molecule has 2 aromatic rings. The van der Waals surface area contributed by atoms with Crippen LogP contribution in [0.2, 0.25) is 5.02 Å². The zero-order valence-corrected chi connectivity index (χ0v) is 10.8. The Morgan fingerprint density at radius 2 is 2.20 bits per heavy atom. The number of hydrogen-bond donors (Lipinski definition) is 1. The van der Waals surface area contributed by atoms with E-state index < -0.39 is 27.4 Å². The second-order valence-electron chi connectivity index (χ2n) is 3.89. The van der Waals surface area contributed by atoms with Gasteiger partial charge in [-0.15, -0.1) is 0 Å². The maximum absolute atomic E-state index is 13.5. The quantitative estimate of drug-likeness (QED) is 0.693. The minimum absolute atomic E-state index is 0.130. The van der Waals surface area contributed by atoms with Gasteiger partial charge in [-0.25, -0.2) is 13.9 Å². The highest BCUT2D eigenvalue weighted by Crippen LogP contribution is 2.29. The number of carboxylic acids is 1. The molecule has 1 aromatic heterocycles. The van der Waals surface area contributed by atoms with Crippen molar-refractivity contribution < 1.29 is 19.2 Å². The molecule has 0 saturated carbocycles. The van der Waals surface area contributed by atoms with Gasteiger partial charge < -0.3 is 5.11 Å². The molecule has 0 aliphatic heterocycles. The Balaban J connectivity index is 2.68. The van der Waals surface area contributed by atoms with Crippen molar-refractivity contribution >= 4 is 23.3 Å². The maximum atomic E-state index is 13.5. The monoisotopic (exact) mass is 299 g/mol. The maximum Gasteiger partial charge on any atom is 0.339 e. The highest BCUT2D eigenvalue weighted by molar-refractivity contribution is 6.31. The van der Waals surface area contributed by atoms with Crippen molar-refractivity contribution in [1.82, 2.24) is 9.78 Å². The van der Waals surface area contributed by atoms with Gasteiger partial charge in [-0.1, -0.05) is 11.6 Å². The lowest BCUT2D eigenvalue weighted by molar-refractivity contribution is -0.384. The molecule has 0 unspecified atom stereocenters. The Morgan fingerprint density at radius 1 is 1.55 bits per heavy atom. The van der Waals surface area contributed by atoms with Gasteiger partial charge in [0.2, 0.25) is 0 Å². The van der Waals surface area contributed by atoms with Gasteiger partial charge in [0, 0.05) is 18.3 Å². The number of carbonyl (C=O) groups is 1. The molecule has 0 fully saturated rings. The smallest absolute Gasteiger partial charge is 0.339 e. The topological polar surface area (TPSA) is 98.3 Å². The van der Waals surface area contributed by atoms with Gasteiger partial charge in [-0.05, 0) is 6.92 Å². The van der Waals surface area contributed by atoms with Crippen LogP contribution < -0.4 is 0 Å². The molecule has 104 valence electrons. The molecular formula is C11H7ClFN3O4. The minimum Gasteiger partial charge on any atom is -0.478 e. The number of nitrogens with zero attached hydrogens (tertiary/aromatic N) is 3. The Morgan fingerprint density at radius 3 is 2.70 bits per heavy atom. The molecule has 9 heteroatoms. The van der Waals surface area contributed by atoms with Crippen molar-refractivity contribution in [1.29, 1.82) is 0 Å². The van der Waals surface area contributed by atoms with E-state index in [2.05, 4.69) is 5.10 Å². The number of benzene rings is 1. The number of aromatic carboxylic acids is 1. The molecule has 2 rings (SSSR count). The third-order valence-corrected chi connectivity index (χ3v) is 2.88. The molecule has 0 aliphatic rings. The standard InChI is InChI=1S/C11H7ClFN3O4/c1-5-6(11(17)18)4-15(14-5)9-3-8(13)7(12)2-10(9)16(19)20/h2-4H,1H3,(H,17,18). The molecule has 7 nitrogen and oxygen atoms in total. The van der Waals surface area contributed by atoms with Crippen LogP contribution in [0, 0.1) is 22.9 Å². The van der Waals surface area contributed by atoms with Gasteiger partial charge in [0.05, 0.1) is 15.6 Å². The first kappa shape index (κ1) is 13.9. The molecule has 0 radical (unpaired) electrons. The summed E-state index contributed by atoms with van der Waals surface area (Å²) in [7, 11) is 0. The molecule has 0 bridgehead atoms. The first-order valence-electron chi connectivity index (χ1n) is 5.24. The number of carboxylic acid groups (broad SMARTS) is 1. The van der Waals surface area contributed by atoms with Crippen LogP contribution in [0.25, 0.3) is 5.69 Å². The number of halogens is 2. The Bertz CT molecular complexity index is 729. The molecule has 0 spiro atoms. The van der Waals surface area contributed by atoms with E-state index in [0.717, 1.165) is 23.0 Å². The number of aryl methyl sites for hydroxylation is 1. The van der Waals surface area contributed by atoms with E-state index in [-0.39, 0.29) is 16.9 Å². The average molecular weight is 300 g/mol. The second-order valence-corrected chi connectivity index (χ2v) is 4.30. The van der Waals surface area contributed by atoms with Crippen molar-refractivity contribution in [3.63, 3.8) is 0 Å². The van der Waals surface area contributed by atoms with Crippen molar-refractivity contribution in [2.75, 3.05) is 0 Å². The summed E-state index contributed by atoms with van der Waals surface area (Å²) < 4.78 is 14.4. The molecule has 0 saturated heterocycles. The molecule has 1 heterocycles. The van der Waals surface area contributed by atoms with E-state index in [1.54, 1.807) is 0 Å². The molecule has 20 heavy (non-hydrogen) atoms. The van der Waals surface area contributed by atoms with E-state index in [9.17, 15) is 19.3 Å². The molecule has 1 aromatic carbocycles. The summed E-state index contributed by atoms with van der Waals surface area (Å²) in [5.74, 6) is -2.09. The van der Waals surface area contributed by atoms with E-state index in [1.165, 1.54) is 6.92 Å². The second kappa shape index (κ2) is 4.89. The largest absolute Gasteiger partial charge is 0.478 e. The fourth-order valence-corrected chi connectivity index (χ4v) is 1.81. The predicted octanol–water partition coefficient (Wildman–Crippen LogP) is 2.58. The third kappa shape index (κ3) is 2.32. The fourth-order valence-electron chi connectivity index (χ4n) is 1.65. The highest BCUT2D eigenvalue weighted by atomic mass is 35.5. The lowest BCUT2D eigenvalue weighted by Gasteiger charge is -2.04. The van der Waals surface area contributed by atoms with Crippen LogP contribution in [0.4, 0.5) is 10.1 Å². The summed E-state index contributed by atoms with van der Waals surface area (Å²) in [5.41, 5.74) is -0.653. The van der Waals surface area contributed by atoms with E-state index in [1.807, 2.05) is 0 Å². The summed E-state index contributed by atoms with van der Waals surface area (Å²) >= 11 is 5.50. The van der Waals surface area contributed by atoms with Crippen LogP contribution in [0.5, 0.6) is 0 Å². The zero-order chi connectivity index (χ0) is 15.0. The predicted molar refractivity (Wildman–Crippen MR) is 66.9 cm³/mol. The van der Waals surface area contributed by atoms with E-state index in [4.69, 9.17) is 16.7 Å². The molecular weight excluding hydrogens is 293 g/mol. The van der Waals surface area contributed by atoms with Gasteiger partial charge in [0.25, 0.3) is 5.69 Å². The van der Waals surface area contributed by atoms with Crippen molar-refractivity contribution in [3.8, 4) is 5.69 Å². The Hall–Kier alpha value is -2.48. The summed E-state index contributed by atoms with van der Waals surface area (Å²) in [4.78, 5) is 21.1. The number of hydrogen-bond acceptors (Lipinski definition) is 4. The number of nitro benzene ring substituents is 1. The van der Waals surface area contributed by atoms with Gasteiger partial charge in [-0.2, -0.15) is 5.10 Å². The molecule has 0 amide bonds. The van der Waals surface area contributed by atoms with Crippen molar-refractivity contribution in [2.24, 2.45) is 0 Å². The summed E-state index contributed by atoms with van der Waals surface area (Å²) in [6, 6.07) is 1.68. The van der Waals surface area contributed by atoms with Crippen molar-refractivity contribution in [2.45, 2.75) is 6.92 Å². The summed E-state index contributed by atoms with van der Waals surface area (Å²) in [6.45, 7) is 1.43. The van der Waals surface area contributed by atoms with Gasteiger partial charge in [-0.3, -0.25) is 10.1 Å². The third-order valence-electron chi connectivity index (χ3n) is 2.59. The number of nitro groups is 1. The van der Waals surface area contributed by atoms with Crippen LogP contribution in [0.15, 0.2) is 18.3 Å². The van der Waals surface area contributed by atoms with Crippen molar-refractivity contribution in [3.05, 3.63) is 50.5 Å². The number of rotatable bonds is 3. The van der Waals surface area contributed by atoms with Gasteiger partial charge in [0.1, 0.15) is 17.1 Å². The van der Waals surface area contributed by atoms with Gasteiger partial charge >= 0.3 is 5.97 Å². The van der Waals surface area contributed by atoms with Crippen LogP contribution in [0.3, 0.4) is 0 Å². The highest BCUT2D eigenvalue weighted by Gasteiger charge is 2.22. The Labute approximate surface area is 116 Å². The molecule has 0 aliphatic carbocycles. The van der Waals surface area contributed by atoms with E-state index >= 15 is 0 Å². The van der Waals surface area contributed by atoms with Crippen LogP contribution in [0.1, 0.15) is 16.1 Å². The SMILES string of the molecule is Cc1nn(-c2cc(F)c(Cl)cc2[N+](=O)[O-])cc1C(=O)O. The lowest BCUT2D eigenvalue weighted by atomic mass is 10.2. The Kier molecular flexibility index (Phi) is 3.41. The summed E-state index contributed by atoms with van der Waals surface area (Å²) in [6.07, 6.45) is 1.08. The normalized spacial score (nSPS) is 10.6. The number of aromatic nitrogens is 2. The fraction of sp³-hybridized carbons (Fsp3) is 0.0909. The van der Waals surface area contributed by atoms with E-state index in [0.29, 0.717) is 0 Å². The van der Waals surface area contributed by atoms with Crippen LogP contribution in [-0.2, 0) is 0 Å². The summed E-state index contributed by atoms with van der Waals surface area (Å²) in [5, 5.41) is 23.3. The van der Waals surface area contributed by atoms with Crippen LogP contribution in [-0.4, -0.2) is 25.8 Å². The molecule has 0 atom stereocenters. The average Bonchev–Trinajstić information content (AvgIpc) is 2.74. The van der Waals surface area contributed by atoms with Gasteiger partial charge in [0.15, 0.2) is 0 Å². The zero-order valence-electron chi connectivity index (χ0n) is 10.0. The first-order chi connectivity index (χ1) is 9.31.